The largest absolute Gasteiger partial charge is 0.481 e. The number of rotatable bonds is 25. The van der Waals surface area contributed by atoms with Crippen LogP contribution in [0.3, 0.4) is 0 Å². The first-order valence-electron chi connectivity index (χ1n) is 48.0. The Kier molecular flexibility index (Phi) is 29.4. The summed E-state index contributed by atoms with van der Waals surface area (Å²) >= 11 is 0. The van der Waals surface area contributed by atoms with Crippen LogP contribution in [-0.4, -0.2) is 92.5 Å². The van der Waals surface area contributed by atoms with Gasteiger partial charge >= 0.3 is 11.9 Å². The average molecular weight is 1600 g/mol. The number of hydrogen-bond acceptors (Lipinski definition) is 12. The molecule has 11 unspecified atom stereocenters. The number of aliphatic carboxylic acids is 1. The zero-order chi connectivity index (χ0) is 83.9. The van der Waals surface area contributed by atoms with E-state index in [9.17, 15) is 53.7 Å². The minimum Gasteiger partial charge on any atom is -0.481 e. The topological polar surface area (TPSA) is 227 Å². The Bertz CT molecular complexity index is 3460. The Morgan fingerprint density at radius 3 is 1.58 bits per heavy atom. The van der Waals surface area contributed by atoms with Crippen LogP contribution in [-0.2, 0) is 43.1 Å². The molecule has 1 heterocycles. The fourth-order valence-corrected chi connectivity index (χ4v) is 32.4. The number of Topliss-reactive ketones (excluding diaryl/α,β-unsaturated/α-hetero) is 2. The number of ether oxygens (including phenoxy) is 1. The lowest BCUT2D eigenvalue weighted by atomic mass is 9.50. The molecule has 13 nitrogen and oxygen atoms in total. The summed E-state index contributed by atoms with van der Waals surface area (Å²) in [5.41, 5.74) is 1.70. The molecule has 0 aromatic heterocycles. The predicted molar refractivity (Wildman–Crippen MR) is 458 cm³/mol. The molecule has 0 radical (unpaired) electrons. The Balaban J connectivity index is 0.000000151. The summed E-state index contributed by atoms with van der Waals surface area (Å²) < 4.78 is 6.09. The summed E-state index contributed by atoms with van der Waals surface area (Å²) in [6, 6.07) is 0. The number of cyclic esters (lactones) is 1. The zero-order valence-corrected chi connectivity index (χ0v) is 75.4. The molecular formula is C102H164O13. The Labute approximate surface area is 697 Å². The molecule has 13 aliphatic carbocycles. The van der Waals surface area contributed by atoms with Gasteiger partial charge in [-0.05, 0) is 344 Å². The molecule has 0 aromatic carbocycles. The van der Waals surface area contributed by atoms with Crippen LogP contribution in [0.25, 0.3) is 0 Å². The van der Waals surface area contributed by atoms with Crippen LogP contribution in [0, 0.1) is 174 Å². The summed E-state index contributed by atoms with van der Waals surface area (Å²) in [6.45, 7) is 39.2. The number of carboxylic acids is 1. The lowest BCUT2D eigenvalue weighted by Gasteiger charge is -2.53. The van der Waals surface area contributed by atoms with Crippen LogP contribution in [0.5, 0.6) is 0 Å². The fourth-order valence-electron chi connectivity index (χ4n) is 32.4. The van der Waals surface area contributed by atoms with Crippen LogP contribution in [0.2, 0.25) is 0 Å². The number of aliphatic hydroxyl groups is 3. The Morgan fingerprint density at radius 2 is 1.03 bits per heavy atom. The molecule has 13 heteroatoms. The van der Waals surface area contributed by atoms with E-state index < -0.39 is 29.2 Å². The van der Waals surface area contributed by atoms with E-state index >= 15 is 0 Å². The van der Waals surface area contributed by atoms with E-state index in [1.165, 1.54) is 120 Å². The molecule has 32 atom stereocenters. The van der Waals surface area contributed by atoms with Gasteiger partial charge in [0.1, 0.15) is 42.3 Å². The predicted octanol–water partition coefficient (Wildman–Crippen LogP) is 22.4. The lowest BCUT2D eigenvalue weighted by molar-refractivity contribution is -0.173. The highest BCUT2D eigenvalue weighted by Gasteiger charge is 2.73. The molecule has 0 bridgehead atoms. The van der Waals surface area contributed by atoms with Gasteiger partial charge in [0.2, 0.25) is 0 Å². The monoisotopic (exact) mass is 1600 g/mol. The number of aliphatic hydroxyl groups excluding tert-OH is 2. The molecular weight excluding hydrogens is 1430 g/mol. The quantitative estimate of drug-likeness (QED) is 0.0493. The van der Waals surface area contributed by atoms with Crippen molar-refractivity contribution in [3.05, 3.63) is 23.3 Å². The second-order valence-electron chi connectivity index (χ2n) is 45.4. The Morgan fingerprint density at radius 1 is 0.522 bits per heavy atom. The molecule has 1 saturated heterocycles. The smallest absolute Gasteiger partial charge is 0.306 e. The number of carbonyl (C=O) groups is 8. The summed E-state index contributed by atoms with van der Waals surface area (Å²) in [5, 5.41) is 41.1. The normalized spacial score (nSPS) is 45.1. The van der Waals surface area contributed by atoms with Gasteiger partial charge < -0.3 is 44.3 Å². The summed E-state index contributed by atoms with van der Waals surface area (Å²) in [4.78, 5) is 96.3. The van der Waals surface area contributed by atoms with Gasteiger partial charge in [0.25, 0.3) is 0 Å². The standard InChI is InChI=1S/C27H46O3.C27H42O.C25H40O4.C23H36O5/c1-19(2)9-8-10-20(3)22-12-13-23-21(15-18-28)24(14-17-26(22,23)4)27(5)16-7-6-11-25(29)30-27;1-18(2)9-8-10-19(3)21-12-13-23-25-20(17-28)22-11-6-7-15-26(22,4)24(25)14-16-27(21,23)5;1-15(5-6-16(2)27)18-7-8-19-22-20(10-11-23(18,19)3)24(4)12-9-17(28)13-25(24,29)21(22)14-26;1-14(4-7-21(27)28)17-5-6-18-16(13-24)19(9-11-22(17,18)2)23(3)10-8-15(25)12-20(23)26/h18-24H,6-17H2,1-5H3;6,11,17-19,21,23-25H,7-10,12-16H2,1-5H3;14-15,17-22,28-29H,5-13H2,1-4H3;13-19,25H,4-12H2,1-3H3,(H,27,28)/t20-,21+,22-,23?,24?,26-,27-;19-,21-,23?,24?,25?,26+,27-;15-,17+,18-,19?,20?,21-,22?,23-,24-,25-;14-,15+,16?,17-,18?,19?,22-,23-/m1111/s1. The van der Waals surface area contributed by atoms with Crippen molar-refractivity contribution in [2.75, 3.05) is 0 Å². The minimum absolute atomic E-state index is 0.0312. The average Bonchev–Trinajstić information content (AvgIpc) is 1.51. The number of ketones is 2. The van der Waals surface area contributed by atoms with Crippen molar-refractivity contribution >= 4 is 48.6 Å². The molecule has 11 saturated carbocycles. The van der Waals surface area contributed by atoms with Crippen molar-refractivity contribution in [1.29, 1.82) is 0 Å². The van der Waals surface area contributed by atoms with Crippen LogP contribution >= 0.6 is 0 Å². The van der Waals surface area contributed by atoms with E-state index in [4.69, 9.17) is 9.84 Å². The van der Waals surface area contributed by atoms with Crippen molar-refractivity contribution in [1.82, 2.24) is 0 Å². The molecule has 0 aromatic rings. The van der Waals surface area contributed by atoms with Crippen LogP contribution < -0.4 is 0 Å². The van der Waals surface area contributed by atoms with Gasteiger partial charge in [0, 0.05) is 67.1 Å². The molecule has 0 amide bonds. The molecule has 1 aliphatic heterocycles. The van der Waals surface area contributed by atoms with E-state index in [-0.39, 0.29) is 87.2 Å². The molecule has 14 aliphatic rings. The number of aldehydes is 4. The third kappa shape index (κ3) is 17.5. The highest BCUT2D eigenvalue weighted by atomic mass is 16.6. The zero-order valence-electron chi connectivity index (χ0n) is 75.4. The fraction of sp³-hybridized carbons (Fsp3) is 0.882. The second kappa shape index (κ2) is 36.8. The van der Waals surface area contributed by atoms with Gasteiger partial charge in [-0.3, -0.25) is 19.2 Å². The van der Waals surface area contributed by atoms with Gasteiger partial charge in [0.05, 0.1) is 17.8 Å². The van der Waals surface area contributed by atoms with Gasteiger partial charge in [-0.15, -0.1) is 0 Å². The van der Waals surface area contributed by atoms with Gasteiger partial charge in [-0.2, -0.15) is 0 Å². The first-order chi connectivity index (χ1) is 54.2. The lowest BCUT2D eigenvalue weighted by Crippen LogP contribution is -2.54. The first-order valence-corrected chi connectivity index (χ1v) is 48.0. The summed E-state index contributed by atoms with van der Waals surface area (Å²) in [5.74, 6) is 10.5. The van der Waals surface area contributed by atoms with Gasteiger partial charge in [-0.25, -0.2) is 0 Å². The number of esters is 1. The van der Waals surface area contributed by atoms with Gasteiger partial charge in [0.15, 0.2) is 0 Å². The van der Waals surface area contributed by atoms with E-state index in [0.717, 1.165) is 150 Å². The van der Waals surface area contributed by atoms with Crippen molar-refractivity contribution in [2.24, 2.45) is 174 Å². The third-order valence-electron chi connectivity index (χ3n) is 38.7. The summed E-state index contributed by atoms with van der Waals surface area (Å²) in [6.07, 6.45) is 47.6. The number of carboxylic acid groups (broad SMARTS) is 1. The maximum Gasteiger partial charge on any atom is 0.306 e. The number of carbonyl (C=O) groups excluding carboxylic acids is 7. The highest BCUT2D eigenvalue weighted by molar-refractivity contribution is 5.86. The Hall–Kier alpha value is -3.68. The van der Waals surface area contributed by atoms with Crippen molar-refractivity contribution in [3.8, 4) is 0 Å². The van der Waals surface area contributed by atoms with E-state index in [2.05, 4.69) is 116 Å². The van der Waals surface area contributed by atoms with Crippen LogP contribution in [0.15, 0.2) is 23.3 Å². The van der Waals surface area contributed by atoms with Crippen LogP contribution in [0.1, 0.15) is 368 Å². The molecule has 14 rings (SSSR count). The molecule has 650 valence electrons. The SMILES string of the molecule is CC(=O)CC[C@@H](C)[C@H]1CCC2C3C(CC[C@@]21C)[C@@]1(C)CC[C@H](O)C[C@@]1(O)[C@@H]3C=O.CC(C)CCC[C@@H](C)[C@H]1CCC2C3C(C=O)=C4C=CCC[C@]4(C)C3CC[C@@]21C.CC(C)CCC[C@@H](C)[C@H]1CCC2[C@H](CC=O)C([C@@]3(C)CCCCC(=O)O3)CC[C@@]21C.C[C@H](CCC(=O)O)[C@H]1CCC2C(C=O)C([C@@]3(C)CC[C@H](O)CC3=O)CC[C@@]21C. The number of fused-ring (bicyclic) bond motifs is 12. The minimum atomic E-state index is -1.06. The third-order valence-corrected chi connectivity index (χ3v) is 38.7. The first kappa shape index (κ1) is 92.0. The van der Waals surface area contributed by atoms with Gasteiger partial charge in [-0.1, -0.05) is 155 Å². The number of hydrogen-bond donors (Lipinski definition) is 4. The van der Waals surface area contributed by atoms with Crippen LogP contribution in [0.4, 0.5) is 0 Å². The molecule has 115 heavy (non-hydrogen) atoms. The van der Waals surface area contributed by atoms with E-state index in [1.807, 2.05) is 6.92 Å². The van der Waals surface area contributed by atoms with Crippen molar-refractivity contribution in [2.45, 2.75) is 392 Å². The molecule has 4 N–H and O–H groups in total. The summed E-state index contributed by atoms with van der Waals surface area (Å²) in [7, 11) is 0. The second-order valence-corrected chi connectivity index (χ2v) is 45.4. The van der Waals surface area contributed by atoms with Crippen molar-refractivity contribution in [3.63, 3.8) is 0 Å². The maximum atomic E-state index is 12.8. The highest BCUT2D eigenvalue weighted by Crippen LogP contribution is 2.75. The van der Waals surface area contributed by atoms with E-state index in [0.29, 0.717) is 121 Å². The maximum absolute atomic E-state index is 12.8. The molecule has 0 spiro atoms. The number of allylic oxidation sites excluding steroid dienone is 4. The van der Waals surface area contributed by atoms with E-state index in [1.54, 1.807) is 6.92 Å². The van der Waals surface area contributed by atoms with Crippen molar-refractivity contribution < 1.29 is 63.5 Å². The molecule has 12 fully saturated rings.